The third-order valence-corrected chi connectivity index (χ3v) is 4.48. The zero-order valence-corrected chi connectivity index (χ0v) is 16.0. The molecule has 1 amide bonds. The highest BCUT2D eigenvalue weighted by atomic mass is 16.5. The number of rotatable bonds is 8. The predicted octanol–water partition coefficient (Wildman–Crippen LogP) is 3.88. The van der Waals surface area contributed by atoms with Gasteiger partial charge in [-0.15, -0.1) is 0 Å². The van der Waals surface area contributed by atoms with Gasteiger partial charge in [0.05, 0.1) is 21.3 Å². The lowest BCUT2D eigenvalue weighted by atomic mass is 9.88. The summed E-state index contributed by atoms with van der Waals surface area (Å²) in [5.74, 6) is 2.53. The van der Waals surface area contributed by atoms with E-state index in [4.69, 9.17) is 14.2 Å². The van der Waals surface area contributed by atoms with Crippen LogP contribution < -0.4 is 19.5 Å². The fourth-order valence-corrected chi connectivity index (χ4v) is 2.87. The van der Waals surface area contributed by atoms with Gasteiger partial charge in [-0.05, 0) is 47.9 Å². The van der Waals surface area contributed by atoms with Crippen LogP contribution in [-0.2, 0) is 0 Å². The Morgan fingerprint density at radius 3 is 2.12 bits per heavy atom. The molecule has 1 unspecified atom stereocenters. The highest BCUT2D eigenvalue weighted by molar-refractivity contribution is 5.94. The van der Waals surface area contributed by atoms with Crippen LogP contribution in [0.1, 0.15) is 35.7 Å². The minimum atomic E-state index is -0.0984. The van der Waals surface area contributed by atoms with Crippen LogP contribution in [0.2, 0.25) is 0 Å². The van der Waals surface area contributed by atoms with Crippen LogP contribution in [-0.4, -0.2) is 33.8 Å². The summed E-state index contributed by atoms with van der Waals surface area (Å²) in [6, 6.07) is 13.0. The van der Waals surface area contributed by atoms with Crippen molar-refractivity contribution in [1.82, 2.24) is 5.32 Å². The smallest absolute Gasteiger partial charge is 0.251 e. The lowest BCUT2D eigenvalue weighted by Crippen LogP contribution is -2.30. The van der Waals surface area contributed by atoms with Crippen molar-refractivity contribution in [3.8, 4) is 17.2 Å². The highest BCUT2D eigenvalue weighted by Gasteiger charge is 2.19. The maximum absolute atomic E-state index is 12.4. The molecular weight excluding hydrogens is 330 g/mol. The van der Waals surface area contributed by atoms with Gasteiger partial charge in [0.1, 0.15) is 5.75 Å². The summed E-state index contributed by atoms with van der Waals surface area (Å²) in [4.78, 5) is 12.4. The number of carbonyl (C=O) groups excluding carboxylic acids is 1. The van der Waals surface area contributed by atoms with Crippen molar-refractivity contribution < 1.29 is 19.0 Å². The van der Waals surface area contributed by atoms with E-state index in [-0.39, 0.29) is 11.8 Å². The van der Waals surface area contributed by atoms with E-state index in [1.807, 2.05) is 18.2 Å². The molecule has 2 aromatic carbocycles. The van der Waals surface area contributed by atoms with Crippen molar-refractivity contribution in [1.29, 1.82) is 0 Å². The third-order valence-electron chi connectivity index (χ3n) is 4.48. The quantitative estimate of drug-likeness (QED) is 0.779. The molecule has 1 atom stereocenters. The van der Waals surface area contributed by atoms with Crippen LogP contribution in [0.15, 0.2) is 42.5 Å². The molecule has 2 rings (SSSR count). The van der Waals surface area contributed by atoms with E-state index in [2.05, 4.69) is 19.2 Å². The Morgan fingerprint density at radius 2 is 1.58 bits per heavy atom. The van der Waals surface area contributed by atoms with E-state index in [0.29, 0.717) is 29.5 Å². The summed E-state index contributed by atoms with van der Waals surface area (Å²) in [7, 11) is 4.84. The molecule has 140 valence electrons. The number of amides is 1. The van der Waals surface area contributed by atoms with Crippen molar-refractivity contribution in [2.75, 3.05) is 27.9 Å². The third kappa shape index (κ3) is 4.69. The lowest BCUT2D eigenvalue weighted by Gasteiger charge is -2.23. The Morgan fingerprint density at radius 1 is 0.923 bits per heavy atom. The first-order valence-electron chi connectivity index (χ1n) is 8.64. The SMILES string of the molecule is COc1ccc(C(=O)NCC(c2ccc(OC)c(OC)c2)C(C)C)cc1. The van der Waals surface area contributed by atoms with E-state index < -0.39 is 0 Å². The summed E-state index contributed by atoms with van der Waals surface area (Å²) in [6.07, 6.45) is 0. The summed E-state index contributed by atoms with van der Waals surface area (Å²) in [6.45, 7) is 4.82. The molecule has 0 saturated carbocycles. The molecule has 5 nitrogen and oxygen atoms in total. The first-order chi connectivity index (χ1) is 12.5. The van der Waals surface area contributed by atoms with Crippen LogP contribution in [0.4, 0.5) is 0 Å². The molecule has 0 bridgehead atoms. The van der Waals surface area contributed by atoms with E-state index in [0.717, 1.165) is 11.3 Å². The van der Waals surface area contributed by atoms with Gasteiger partial charge in [-0.25, -0.2) is 0 Å². The minimum Gasteiger partial charge on any atom is -0.497 e. The van der Waals surface area contributed by atoms with Gasteiger partial charge in [0.2, 0.25) is 0 Å². The van der Waals surface area contributed by atoms with Gasteiger partial charge in [0, 0.05) is 18.0 Å². The van der Waals surface area contributed by atoms with Gasteiger partial charge in [0.25, 0.3) is 5.91 Å². The average Bonchev–Trinajstić information content (AvgIpc) is 2.67. The van der Waals surface area contributed by atoms with Gasteiger partial charge >= 0.3 is 0 Å². The first kappa shape index (κ1) is 19.6. The van der Waals surface area contributed by atoms with E-state index in [9.17, 15) is 4.79 Å². The number of methoxy groups -OCH3 is 3. The van der Waals surface area contributed by atoms with Crippen LogP contribution in [0.5, 0.6) is 17.2 Å². The summed E-state index contributed by atoms with van der Waals surface area (Å²) in [5.41, 5.74) is 1.72. The molecule has 2 aromatic rings. The second-order valence-corrected chi connectivity index (χ2v) is 6.40. The Balaban J connectivity index is 2.11. The number of hydrogen-bond donors (Lipinski definition) is 1. The normalized spacial score (nSPS) is 11.8. The topological polar surface area (TPSA) is 56.8 Å². The Hall–Kier alpha value is -2.69. The van der Waals surface area contributed by atoms with E-state index >= 15 is 0 Å². The standard InChI is InChI=1S/C21H27NO4/c1-14(2)18(16-8-11-19(25-4)20(12-16)26-5)13-22-21(23)15-6-9-17(24-3)10-7-15/h6-12,14,18H,13H2,1-5H3,(H,22,23). The second kappa shape index (κ2) is 9.13. The van der Waals surface area contributed by atoms with Crippen LogP contribution in [0, 0.1) is 5.92 Å². The van der Waals surface area contributed by atoms with E-state index in [1.54, 1.807) is 45.6 Å². The van der Waals surface area contributed by atoms with Crippen molar-refractivity contribution in [2.24, 2.45) is 5.92 Å². The van der Waals surface area contributed by atoms with Gasteiger partial charge in [0.15, 0.2) is 11.5 Å². The number of benzene rings is 2. The molecule has 0 heterocycles. The van der Waals surface area contributed by atoms with Gasteiger partial charge in [-0.2, -0.15) is 0 Å². The number of hydrogen-bond acceptors (Lipinski definition) is 4. The van der Waals surface area contributed by atoms with Gasteiger partial charge in [-0.3, -0.25) is 4.79 Å². The average molecular weight is 357 g/mol. The minimum absolute atomic E-state index is 0.0984. The molecule has 0 aliphatic heterocycles. The zero-order chi connectivity index (χ0) is 19.1. The van der Waals surface area contributed by atoms with Crippen molar-refractivity contribution in [3.63, 3.8) is 0 Å². The van der Waals surface area contributed by atoms with Crippen LogP contribution in [0.3, 0.4) is 0 Å². The first-order valence-corrected chi connectivity index (χ1v) is 8.64. The van der Waals surface area contributed by atoms with Crippen LogP contribution >= 0.6 is 0 Å². The fraction of sp³-hybridized carbons (Fsp3) is 0.381. The molecule has 0 spiro atoms. The maximum atomic E-state index is 12.4. The largest absolute Gasteiger partial charge is 0.497 e. The predicted molar refractivity (Wildman–Crippen MR) is 102 cm³/mol. The fourth-order valence-electron chi connectivity index (χ4n) is 2.87. The van der Waals surface area contributed by atoms with Gasteiger partial charge in [-0.1, -0.05) is 19.9 Å². The Bertz CT molecular complexity index is 725. The number of nitrogens with one attached hydrogen (secondary N) is 1. The molecular formula is C21H27NO4. The maximum Gasteiger partial charge on any atom is 0.251 e. The molecule has 0 aromatic heterocycles. The molecule has 0 radical (unpaired) electrons. The molecule has 5 heteroatoms. The lowest BCUT2D eigenvalue weighted by molar-refractivity contribution is 0.0949. The number of ether oxygens (including phenoxy) is 3. The van der Waals surface area contributed by atoms with Crippen molar-refractivity contribution in [2.45, 2.75) is 19.8 Å². The summed E-state index contributed by atoms with van der Waals surface area (Å²) in [5, 5.41) is 3.03. The molecule has 0 saturated heterocycles. The Labute approximate surface area is 155 Å². The zero-order valence-electron chi connectivity index (χ0n) is 16.0. The monoisotopic (exact) mass is 357 g/mol. The summed E-state index contributed by atoms with van der Waals surface area (Å²) >= 11 is 0. The van der Waals surface area contributed by atoms with E-state index in [1.165, 1.54) is 0 Å². The highest BCUT2D eigenvalue weighted by Crippen LogP contribution is 2.33. The number of carbonyl (C=O) groups is 1. The molecule has 0 aliphatic rings. The molecule has 1 N–H and O–H groups in total. The van der Waals surface area contributed by atoms with Crippen molar-refractivity contribution >= 4 is 5.91 Å². The van der Waals surface area contributed by atoms with Crippen LogP contribution in [0.25, 0.3) is 0 Å². The second-order valence-electron chi connectivity index (χ2n) is 6.40. The molecule has 0 aliphatic carbocycles. The summed E-state index contributed by atoms with van der Waals surface area (Å²) < 4.78 is 15.8. The van der Waals surface area contributed by atoms with Gasteiger partial charge < -0.3 is 19.5 Å². The Kier molecular flexibility index (Phi) is 6.89. The molecule has 0 fully saturated rings. The molecule has 26 heavy (non-hydrogen) atoms. The van der Waals surface area contributed by atoms with Crippen molar-refractivity contribution in [3.05, 3.63) is 53.6 Å².